The van der Waals surface area contributed by atoms with Gasteiger partial charge in [0.25, 0.3) is 0 Å². The van der Waals surface area contributed by atoms with E-state index in [1.807, 2.05) is 0 Å². The molecule has 0 spiro atoms. The fraction of sp³-hybridized carbons (Fsp3) is 0.923. The molecule has 2 heterocycles. The molecule has 2 saturated heterocycles. The van der Waals surface area contributed by atoms with Gasteiger partial charge in [-0.1, -0.05) is 22.6 Å². The highest BCUT2D eigenvalue weighted by atomic mass is 127. The molecule has 3 rings (SSSR count). The first-order valence-electron chi connectivity index (χ1n) is 7.11. The standard InChI is InChI=1S/C13H22IN3O/c14-12-9-17(13(18)11-3-4-15-7-11)6-5-16(12)8-10-1-2-10/h10-12,15H,1-9H2/t11-,12?/m0/s1. The van der Waals surface area contributed by atoms with E-state index in [0.717, 1.165) is 45.1 Å². The van der Waals surface area contributed by atoms with Gasteiger partial charge in [-0.3, -0.25) is 9.69 Å². The molecule has 1 amide bonds. The van der Waals surface area contributed by atoms with Crippen LogP contribution >= 0.6 is 22.6 Å². The normalized spacial score (nSPS) is 33.9. The highest BCUT2D eigenvalue weighted by Gasteiger charge is 2.34. The van der Waals surface area contributed by atoms with Crippen molar-refractivity contribution in [3.05, 3.63) is 0 Å². The second-order valence-corrected chi connectivity index (χ2v) is 7.28. The Kier molecular flexibility index (Phi) is 4.10. The van der Waals surface area contributed by atoms with E-state index in [0.29, 0.717) is 9.96 Å². The highest BCUT2D eigenvalue weighted by molar-refractivity contribution is 14.1. The largest absolute Gasteiger partial charge is 0.339 e. The van der Waals surface area contributed by atoms with Gasteiger partial charge < -0.3 is 10.2 Å². The third-order valence-electron chi connectivity index (χ3n) is 4.34. The molecular weight excluding hydrogens is 341 g/mol. The summed E-state index contributed by atoms with van der Waals surface area (Å²) in [6, 6.07) is 0. The molecule has 1 unspecified atom stereocenters. The lowest BCUT2D eigenvalue weighted by Crippen LogP contribution is -2.54. The Morgan fingerprint density at radius 3 is 2.72 bits per heavy atom. The third-order valence-corrected chi connectivity index (χ3v) is 5.52. The molecule has 1 aliphatic carbocycles. The average Bonchev–Trinajstić information content (AvgIpc) is 3.02. The second-order valence-electron chi connectivity index (χ2n) is 5.85. The Bertz CT molecular complexity index is 315. The number of alkyl halides is 1. The van der Waals surface area contributed by atoms with Crippen LogP contribution in [-0.2, 0) is 4.79 Å². The Morgan fingerprint density at radius 1 is 1.28 bits per heavy atom. The van der Waals surface area contributed by atoms with Crippen LogP contribution in [0.3, 0.4) is 0 Å². The van der Waals surface area contributed by atoms with Crippen molar-refractivity contribution in [2.45, 2.75) is 23.3 Å². The Labute approximate surface area is 123 Å². The minimum atomic E-state index is 0.239. The zero-order chi connectivity index (χ0) is 12.5. The molecule has 0 aromatic rings. The van der Waals surface area contributed by atoms with Crippen molar-refractivity contribution in [2.75, 3.05) is 39.3 Å². The molecule has 0 aromatic heterocycles. The van der Waals surface area contributed by atoms with Gasteiger partial charge in [-0.25, -0.2) is 0 Å². The summed E-state index contributed by atoms with van der Waals surface area (Å²) in [5, 5.41) is 3.29. The first-order valence-corrected chi connectivity index (χ1v) is 8.36. The molecular formula is C13H22IN3O. The van der Waals surface area contributed by atoms with Crippen LogP contribution in [0, 0.1) is 11.8 Å². The van der Waals surface area contributed by atoms with E-state index >= 15 is 0 Å². The summed E-state index contributed by atoms with van der Waals surface area (Å²) in [6.07, 6.45) is 3.85. The van der Waals surface area contributed by atoms with Crippen molar-refractivity contribution in [2.24, 2.45) is 11.8 Å². The fourth-order valence-corrected chi connectivity index (χ4v) is 3.92. The smallest absolute Gasteiger partial charge is 0.227 e. The topological polar surface area (TPSA) is 35.6 Å². The molecule has 1 saturated carbocycles. The molecule has 2 atom stereocenters. The summed E-state index contributed by atoms with van der Waals surface area (Å²) < 4.78 is 0.510. The number of rotatable bonds is 3. The molecule has 4 nitrogen and oxygen atoms in total. The van der Waals surface area contributed by atoms with Crippen molar-refractivity contribution in [1.82, 2.24) is 15.1 Å². The van der Waals surface area contributed by atoms with Gasteiger partial charge in [-0.15, -0.1) is 0 Å². The summed E-state index contributed by atoms with van der Waals surface area (Å²) in [5.74, 6) is 1.57. The maximum absolute atomic E-state index is 12.4. The maximum Gasteiger partial charge on any atom is 0.227 e. The average molecular weight is 363 g/mol. The maximum atomic E-state index is 12.4. The Morgan fingerprint density at radius 2 is 2.11 bits per heavy atom. The fourth-order valence-electron chi connectivity index (χ4n) is 2.94. The van der Waals surface area contributed by atoms with E-state index < -0.39 is 0 Å². The number of nitrogens with one attached hydrogen (secondary N) is 1. The molecule has 0 bridgehead atoms. The number of amides is 1. The first kappa shape index (κ1) is 13.1. The van der Waals surface area contributed by atoms with Crippen LogP contribution in [0.1, 0.15) is 19.3 Å². The summed E-state index contributed by atoms with van der Waals surface area (Å²) in [4.78, 5) is 17.0. The van der Waals surface area contributed by atoms with Crippen LogP contribution in [0.2, 0.25) is 0 Å². The van der Waals surface area contributed by atoms with Crippen molar-refractivity contribution in [1.29, 1.82) is 0 Å². The van der Waals surface area contributed by atoms with Gasteiger partial charge in [0.2, 0.25) is 5.91 Å². The molecule has 3 fully saturated rings. The zero-order valence-electron chi connectivity index (χ0n) is 10.8. The highest BCUT2D eigenvalue weighted by Crippen LogP contribution is 2.32. The molecule has 102 valence electrons. The summed E-state index contributed by atoms with van der Waals surface area (Å²) in [6.45, 7) is 6.06. The van der Waals surface area contributed by atoms with Gasteiger partial charge in [-0.2, -0.15) is 0 Å². The lowest BCUT2D eigenvalue weighted by atomic mass is 10.1. The van der Waals surface area contributed by atoms with Crippen LogP contribution in [-0.4, -0.2) is 59.0 Å². The van der Waals surface area contributed by atoms with E-state index in [4.69, 9.17) is 0 Å². The van der Waals surface area contributed by atoms with Crippen LogP contribution < -0.4 is 5.32 Å². The van der Waals surface area contributed by atoms with Crippen LogP contribution in [0.15, 0.2) is 0 Å². The van der Waals surface area contributed by atoms with Crippen LogP contribution in [0.5, 0.6) is 0 Å². The van der Waals surface area contributed by atoms with E-state index in [2.05, 4.69) is 37.7 Å². The first-order chi connectivity index (χ1) is 8.74. The van der Waals surface area contributed by atoms with E-state index in [9.17, 15) is 4.79 Å². The number of halogens is 1. The van der Waals surface area contributed by atoms with E-state index in [1.54, 1.807) is 0 Å². The number of carbonyl (C=O) groups is 1. The van der Waals surface area contributed by atoms with Crippen molar-refractivity contribution in [3.8, 4) is 0 Å². The predicted molar refractivity (Wildman–Crippen MR) is 79.7 cm³/mol. The molecule has 18 heavy (non-hydrogen) atoms. The molecule has 2 aliphatic heterocycles. The van der Waals surface area contributed by atoms with Crippen LogP contribution in [0.4, 0.5) is 0 Å². The monoisotopic (exact) mass is 363 g/mol. The number of carbonyl (C=O) groups excluding carboxylic acids is 1. The van der Waals surface area contributed by atoms with Gasteiger partial charge in [0.1, 0.15) is 0 Å². The summed E-state index contributed by atoms with van der Waals surface area (Å²) in [7, 11) is 0. The molecule has 5 heteroatoms. The van der Waals surface area contributed by atoms with Crippen molar-refractivity contribution >= 4 is 28.5 Å². The third kappa shape index (κ3) is 2.99. The number of hydrogen-bond donors (Lipinski definition) is 1. The van der Waals surface area contributed by atoms with Gasteiger partial charge >= 0.3 is 0 Å². The number of nitrogens with zero attached hydrogens (tertiary/aromatic N) is 2. The Balaban J connectivity index is 1.51. The number of hydrogen-bond acceptors (Lipinski definition) is 3. The minimum absolute atomic E-state index is 0.239. The van der Waals surface area contributed by atoms with E-state index in [1.165, 1.54) is 19.4 Å². The molecule has 3 aliphatic rings. The lowest BCUT2D eigenvalue weighted by molar-refractivity contribution is -0.136. The quantitative estimate of drug-likeness (QED) is 0.460. The van der Waals surface area contributed by atoms with Gasteiger partial charge in [0, 0.05) is 32.7 Å². The van der Waals surface area contributed by atoms with Gasteiger partial charge in [0.05, 0.1) is 9.97 Å². The Hall–Kier alpha value is 0.120. The van der Waals surface area contributed by atoms with Gasteiger partial charge in [-0.05, 0) is 31.7 Å². The van der Waals surface area contributed by atoms with Crippen LogP contribution in [0.25, 0.3) is 0 Å². The van der Waals surface area contributed by atoms with Gasteiger partial charge in [0.15, 0.2) is 0 Å². The summed E-state index contributed by atoms with van der Waals surface area (Å²) >= 11 is 2.51. The van der Waals surface area contributed by atoms with E-state index in [-0.39, 0.29) is 5.92 Å². The predicted octanol–water partition coefficient (Wildman–Crippen LogP) is 0.911. The summed E-state index contributed by atoms with van der Waals surface area (Å²) in [5.41, 5.74) is 0. The zero-order valence-corrected chi connectivity index (χ0v) is 12.9. The SMILES string of the molecule is O=C([C@H]1CCNC1)N1CCN(CC2CC2)C(I)C1. The molecule has 0 aromatic carbocycles. The molecule has 0 radical (unpaired) electrons. The second kappa shape index (κ2) is 5.63. The van der Waals surface area contributed by atoms with Crippen molar-refractivity contribution < 1.29 is 4.79 Å². The number of piperazine rings is 1. The minimum Gasteiger partial charge on any atom is -0.339 e. The molecule has 1 N–H and O–H groups in total. The lowest BCUT2D eigenvalue weighted by Gasteiger charge is -2.39. The van der Waals surface area contributed by atoms with Crippen molar-refractivity contribution in [3.63, 3.8) is 0 Å².